The summed E-state index contributed by atoms with van der Waals surface area (Å²) in [7, 11) is 2.04. The van der Waals surface area contributed by atoms with Crippen molar-refractivity contribution in [1.29, 1.82) is 0 Å². The van der Waals surface area contributed by atoms with E-state index in [1.165, 1.54) is 4.88 Å². The van der Waals surface area contributed by atoms with Gasteiger partial charge in [0.05, 0.1) is 5.69 Å². The number of nitrogens with zero attached hydrogens (tertiary/aromatic N) is 2. The number of aromatic nitrogens is 1. The Morgan fingerprint density at radius 1 is 1.62 bits per heavy atom. The maximum absolute atomic E-state index is 5.82. The summed E-state index contributed by atoms with van der Waals surface area (Å²) in [6.45, 7) is 7.10. The van der Waals surface area contributed by atoms with E-state index in [1.54, 1.807) is 11.3 Å². The highest BCUT2D eigenvalue weighted by atomic mass is 32.1. The van der Waals surface area contributed by atoms with Gasteiger partial charge in [0, 0.05) is 24.5 Å². The minimum Gasteiger partial charge on any atom is -0.351 e. The Balaban J connectivity index is 2.95. The number of nitrogens with two attached hydrogens (primary N) is 1. The third kappa shape index (κ3) is 2.19. The van der Waals surface area contributed by atoms with Crippen molar-refractivity contribution in [2.45, 2.75) is 26.8 Å². The highest BCUT2D eigenvalue weighted by Gasteiger charge is 2.12. The number of hydrogen-bond acceptors (Lipinski definition) is 4. The second-order valence-electron chi connectivity index (χ2n) is 3.25. The first-order valence-corrected chi connectivity index (χ1v) is 5.32. The van der Waals surface area contributed by atoms with E-state index in [-0.39, 0.29) is 6.04 Å². The molecule has 0 aliphatic carbocycles. The number of aryl methyl sites for hydroxylation is 1. The normalized spacial score (nSPS) is 13.0. The zero-order chi connectivity index (χ0) is 10.0. The fourth-order valence-corrected chi connectivity index (χ4v) is 2.16. The molecule has 74 valence electrons. The predicted molar refractivity (Wildman–Crippen MR) is 58.4 cm³/mol. The predicted octanol–water partition coefficient (Wildman–Crippen LogP) is 1.93. The zero-order valence-electron chi connectivity index (χ0n) is 8.66. The van der Waals surface area contributed by atoms with Gasteiger partial charge in [-0.05, 0) is 20.8 Å². The molecule has 0 saturated carbocycles. The summed E-state index contributed by atoms with van der Waals surface area (Å²) in [6, 6.07) is 0.0940. The maximum Gasteiger partial charge on any atom is 0.185 e. The summed E-state index contributed by atoms with van der Waals surface area (Å²) >= 11 is 1.69. The van der Waals surface area contributed by atoms with Crippen molar-refractivity contribution in [1.82, 2.24) is 4.98 Å². The van der Waals surface area contributed by atoms with Gasteiger partial charge in [-0.25, -0.2) is 4.98 Å². The smallest absolute Gasteiger partial charge is 0.185 e. The number of hydrogen-bond donors (Lipinski definition) is 1. The molecule has 4 heteroatoms. The highest BCUT2D eigenvalue weighted by Crippen LogP contribution is 2.28. The summed E-state index contributed by atoms with van der Waals surface area (Å²) in [5.74, 6) is 0. The Labute approximate surface area is 83.6 Å². The summed E-state index contributed by atoms with van der Waals surface area (Å²) in [4.78, 5) is 7.79. The summed E-state index contributed by atoms with van der Waals surface area (Å²) in [5, 5.41) is 1.06. The van der Waals surface area contributed by atoms with Gasteiger partial charge in [0.1, 0.15) is 0 Å². The average molecular weight is 199 g/mol. The molecule has 0 aliphatic heterocycles. The first-order chi connectivity index (χ1) is 6.06. The maximum atomic E-state index is 5.82. The van der Waals surface area contributed by atoms with Gasteiger partial charge in [-0.15, -0.1) is 11.3 Å². The van der Waals surface area contributed by atoms with Gasteiger partial charge in [0.15, 0.2) is 5.13 Å². The van der Waals surface area contributed by atoms with E-state index in [1.807, 2.05) is 20.9 Å². The molecule has 13 heavy (non-hydrogen) atoms. The van der Waals surface area contributed by atoms with Crippen LogP contribution >= 0.6 is 11.3 Å². The van der Waals surface area contributed by atoms with Gasteiger partial charge in [-0.1, -0.05) is 0 Å². The molecule has 1 unspecified atom stereocenters. The van der Waals surface area contributed by atoms with Crippen molar-refractivity contribution < 1.29 is 0 Å². The van der Waals surface area contributed by atoms with Crippen LogP contribution < -0.4 is 10.6 Å². The van der Waals surface area contributed by atoms with E-state index >= 15 is 0 Å². The van der Waals surface area contributed by atoms with Crippen LogP contribution in [0, 0.1) is 6.92 Å². The third-order valence-electron chi connectivity index (χ3n) is 2.04. The summed E-state index contributed by atoms with van der Waals surface area (Å²) in [6.07, 6.45) is 0. The molecule has 0 amide bonds. The SMILES string of the molecule is CCN(C)c1nc(C)c(C(C)N)s1. The van der Waals surface area contributed by atoms with E-state index in [4.69, 9.17) is 5.73 Å². The van der Waals surface area contributed by atoms with Crippen LogP contribution in [0.15, 0.2) is 0 Å². The Kier molecular flexibility index (Phi) is 3.27. The molecule has 1 heterocycles. The van der Waals surface area contributed by atoms with E-state index < -0.39 is 0 Å². The monoisotopic (exact) mass is 199 g/mol. The van der Waals surface area contributed by atoms with E-state index in [9.17, 15) is 0 Å². The lowest BCUT2D eigenvalue weighted by atomic mass is 10.2. The lowest BCUT2D eigenvalue weighted by Crippen LogP contribution is -2.15. The minimum atomic E-state index is 0.0940. The van der Waals surface area contributed by atoms with Gasteiger partial charge >= 0.3 is 0 Å². The van der Waals surface area contributed by atoms with Crippen molar-refractivity contribution in [3.05, 3.63) is 10.6 Å². The fourth-order valence-electron chi connectivity index (χ4n) is 1.11. The molecule has 0 saturated heterocycles. The van der Waals surface area contributed by atoms with Crippen LogP contribution in [0.4, 0.5) is 5.13 Å². The summed E-state index contributed by atoms with van der Waals surface area (Å²) < 4.78 is 0. The van der Waals surface area contributed by atoms with Crippen molar-refractivity contribution in [2.24, 2.45) is 5.73 Å². The number of anilines is 1. The first-order valence-electron chi connectivity index (χ1n) is 4.50. The van der Waals surface area contributed by atoms with Crippen LogP contribution in [-0.4, -0.2) is 18.6 Å². The molecule has 1 rings (SSSR count). The van der Waals surface area contributed by atoms with Gasteiger partial charge in [0.25, 0.3) is 0 Å². The number of thiazole rings is 1. The van der Waals surface area contributed by atoms with Gasteiger partial charge in [-0.3, -0.25) is 0 Å². The molecule has 1 aromatic heterocycles. The Hall–Kier alpha value is -0.610. The van der Waals surface area contributed by atoms with Crippen molar-refractivity contribution in [3.63, 3.8) is 0 Å². The summed E-state index contributed by atoms with van der Waals surface area (Å²) in [5.41, 5.74) is 6.89. The molecular formula is C9H17N3S. The topological polar surface area (TPSA) is 42.2 Å². The standard InChI is InChI=1S/C9H17N3S/c1-5-12(4)9-11-7(3)8(13-9)6(2)10/h6H,5,10H2,1-4H3. The molecule has 0 aromatic carbocycles. The molecule has 1 aromatic rings. The number of rotatable bonds is 3. The zero-order valence-corrected chi connectivity index (χ0v) is 9.48. The highest BCUT2D eigenvalue weighted by molar-refractivity contribution is 7.15. The molecule has 0 spiro atoms. The quantitative estimate of drug-likeness (QED) is 0.808. The van der Waals surface area contributed by atoms with Crippen LogP contribution in [-0.2, 0) is 0 Å². The second kappa shape index (κ2) is 4.07. The van der Waals surface area contributed by atoms with Crippen molar-refractivity contribution in [3.8, 4) is 0 Å². The molecule has 0 fully saturated rings. The van der Waals surface area contributed by atoms with E-state index in [0.717, 1.165) is 17.4 Å². The lowest BCUT2D eigenvalue weighted by molar-refractivity contribution is 0.825. The molecule has 0 radical (unpaired) electrons. The van der Waals surface area contributed by atoms with Crippen LogP contribution in [0.2, 0.25) is 0 Å². The Bertz CT molecular complexity index is 280. The van der Waals surface area contributed by atoms with E-state index in [2.05, 4.69) is 16.8 Å². The second-order valence-corrected chi connectivity index (χ2v) is 4.26. The van der Waals surface area contributed by atoms with Gasteiger partial charge in [-0.2, -0.15) is 0 Å². The van der Waals surface area contributed by atoms with Gasteiger partial charge < -0.3 is 10.6 Å². The van der Waals surface area contributed by atoms with Crippen molar-refractivity contribution in [2.75, 3.05) is 18.5 Å². The van der Waals surface area contributed by atoms with E-state index in [0.29, 0.717) is 0 Å². The molecule has 3 nitrogen and oxygen atoms in total. The molecule has 0 aliphatic rings. The first kappa shape index (κ1) is 10.5. The Morgan fingerprint density at radius 3 is 2.62 bits per heavy atom. The van der Waals surface area contributed by atoms with Crippen LogP contribution in [0.3, 0.4) is 0 Å². The van der Waals surface area contributed by atoms with Crippen LogP contribution in [0.5, 0.6) is 0 Å². The largest absolute Gasteiger partial charge is 0.351 e. The lowest BCUT2D eigenvalue weighted by Gasteiger charge is -2.11. The molecule has 2 N–H and O–H groups in total. The van der Waals surface area contributed by atoms with Gasteiger partial charge in [0.2, 0.25) is 0 Å². The Morgan fingerprint density at radius 2 is 2.23 bits per heavy atom. The van der Waals surface area contributed by atoms with Crippen molar-refractivity contribution >= 4 is 16.5 Å². The van der Waals surface area contributed by atoms with Crippen LogP contribution in [0.25, 0.3) is 0 Å². The molecular weight excluding hydrogens is 182 g/mol. The minimum absolute atomic E-state index is 0.0940. The fraction of sp³-hybridized carbons (Fsp3) is 0.667. The third-order valence-corrected chi connectivity index (χ3v) is 3.51. The molecule has 0 bridgehead atoms. The van der Waals surface area contributed by atoms with Crippen LogP contribution in [0.1, 0.15) is 30.5 Å². The average Bonchev–Trinajstić information content (AvgIpc) is 2.46. The molecule has 1 atom stereocenters.